The summed E-state index contributed by atoms with van der Waals surface area (Å²) in [6.07, 6.45) is 13.2. The van der Waals surface area contributed by atoms with Crippen molar-refractivity contribution in [2.75, 3.05) is 5.75 Å². The van der Waals surface area contributed by atoms with Crippen molar-refractivity contribution in [3.05, 3.63) is 0 Å². The third-order valence-electron chi connectivity index (χ3n) is 4.32. The summed E-state index contributed by atoms with van der Waals surface area (Å²) in [5.41, 5.74) is -0.281. The Bertz CT molecular complexity index is 302. The third kappa shape index (κ3) is 5.75. The Morgan fingerprint density at radius 1 is 1.16 bits per heavy atom. The molecule has 0 heterocycles. The Morgan fingerprint density at radius 2 is 1.89 bits per heavy atom. The molecule has 3 heteroatoms. The highest BCUT2D eigenvalue weighted by Gasteiger charge is 2.31. The number of nitrogens with zero attached hydrogens (tertiary/aromatic N) is 1. The van der Waals surface area contributed by atoms with Crippen molar-refractivity contribution < 1.29 is 0 Å². The van der Waals surface area contributed by atoms with Crippen LogP contribution < -0.4 is 5.32 Å². The van der Waals surface area contributed by atoms with Gasteiger partial charge in [0.15, 0.2) is 0 Å². The van der Waals surface area contributed by atoms with Gasteiger partial charge in [0.25, 0.3) is 0 Å². The molecule has 2 aliphatic carbocycles. The lowest BCUT2D eigenvalue weighted by molar-refractivity contribution is 0.402. The minimum atomic E-state index is -0.281. The zero-order chi connectivity index (χ0) is 13.6. The number of nitriles is 1. The Hall–Kier alpha value is -0.200. The van der Waals surface area contributed by atoms with Gasteiger partial charge in [-0.2, -0.15) is 17.0 Å². The van der Waals surface area contributed by atoms with Crippen molar-refractivity contribution in [2.45, 2.75) is 88.0 Å². The van der Waals surface area contributed by atoms with Gasteiger partial charge in [0.1, 0.15) is 5.54 Å². The van der Waals surface area contributed by atoms with Crippen LogP contribution in [0.3, 0.4) is 0 Å². The van der Waals surface area contributed by atoms with Gasteiger partial charge in [-0.05, 0) is 57.6 Å². The van der Waals surface area contributed by atoms with Crippen LogP contribution in [0.15, 0.2) is 0 Å². The monoisotopic (exact) mass is 280 g/mol. The molecular formula is C16H28N2S. The van der Waals surface area contributed by atoms with E-state index in [-0.39, 0.29) is 5.54 Å². The first-order chi connectivity index (χ1) is 9.22. The number of hydrogen-bond acceptors (Lipinski definition) is 3. The van der Waals surface area contributed by atoms with Crippen molar-refractivity contribution in [2.24, 2.45) is 0 Å². The molecule has 2 fully saturated rings. The fourth-order valence-corrected chi connectivity index (χ4v) is 4.27. The molecule has 0 spiro atoms. The highest BCUT2D eigenvalue weighted by Crippen LogP contribution is 2.29. The van der Waals surface area contributed by atoms with Gasteiger partial charge in [-0.15, -0.1) is 0 Å². The second-order valence-corrected chi connectivity index (χ2v) is 7.86. The molecule has 2 saturated carbocycles. The van der Waals surface area contributed by atoms with Crippen LogP contribution in [-0.2, 0) is 0 Å². The summed E-state index contributed by atoms with van der Waals surface area (Å²) in [5, 5.41) is 13.7. The minimum absolute atomic E-state index is 0.281. The molecule has 0 aromatic rings. The second kappa shape index (κ2) is 7.55. The van der Waals surface area contributed by atoms with Crippen LogP contribution in [-0.4, -0.2) is 22.6 Å². The predicted octanol–water partition coefficient (Wildman–Crippen LogP) is 4.26. The van der Waals surface area contributed by atoms with Crippen molar-refractivity contribution in [3.8, 4) is 6.07 Å². The van der Waals surface area contributed by atoms with E-state index in [1.54, 1.807) is 0 Å². The van der Waals surface area contributed by atoms with E-state index in [2.05, 4.69) is 30.1 Å². The largest absolute Gasteiger partial charge is 0.297 e. The smallest absolute Gasteiger partial charge is 0.104 e. The number of nitrogens with one attached hydrogen (secondary N) is 1. The molecular weight excluding hydrogens is 252 g/mol. The van der Waals surface area contributed by atoms with Gasteiger partial charge in [0.05, 0.1) is 6.07 Å². The zero-order valence-corrected chi connectivity index (χ0v) is 13.1. The number of rotatable bonds is 8. The lowest BCUT2D eigenvalue weighted by Crippen LogP contribution is -2.42. The summed E-state index contributed by atoms with van der Waals surface area (Å²) in [7, 11) is 0. The van der Waals surface area contributed by atoms with E-state index in [1.807, 2.05) is 0 Å². The summed E-state index contributed by atoms with van der Waals surface area (Å²) in [5.74, 6) is 1.29. The van der Waals surface area contributed by atoms with Crippen LogP contribution in [0.2, 0.25) is 0 Å². The molecule has 0 aromatic heterocycles. The van der Waals surface area contributed by atoms with E-state index in [0.29, 0.717) is 6.04 Å². The molecule has 19 heavy (non-hydrogen) atoms. The van der Waals surface area contributed by atoms with Gasteiger partial charge in [0, 0.05) is 11.3 Å². The Morgan fingerprint density at radius 3 is 2.53 bits per heavy atom. The molecule has 108 valence electrons. The number of unbranched alkanes of at least 4 members (excludes halogenated alkanes) is 1. The van der Waals surface area contributed by atoms with Gasteiger partial charge in [-0.1, -0.05) is 19.3 Å². The maximum Gasteiger partial charge on any atom is 0.104 e. The third-order valence-corrected chi connectivity index (χ3v) is 5.79. The maximum absolute atomic E-state index is 9.30. The quantitative estimate of drug-likeness (QED) is 0.675. The van der Waals surface area contributed by atoms with Crippen LogP contribution in [0.4, 0.5) is 0 Å². The molecule has 1 N–H and O–H groups in total. The highest BCUT2D eigenvalue weighted by atomic mass is 32.2. The first-order valence-corrected chi connectivity index (χ1v) is 9.07. The molecule has 2 rings (SSSR count). The Labute approximate surface area is 122 Å². The molecule has 0 bridgehead atoms. The van der Waals surface area contributed by atoms with Crippen LogP contribution in [0.25, 0.3) is 0 Å². The number of hydrogen-bond donors (Lipinski definition) is 1. The maximum atomic E-state index is 9.30. The summed E-state index contributed by atoms with van der Waals surface area (Å²) in [6, 6.07) is 3.10. The van der Waals surface area contributed by atoms with Gasteiger partial charge in [-0.3, -0.25) is 5.32 Å². The van der Waals surface area contributed by atoms with E-state index in [9.17, 15) is 5.26 Å². The Balaban J connectivity index is 1.53. The first kappa shape index (κ1) is 15.2. The fourth-order valence-electron chi connectivity index (χ4n) is 2.90. The standard InChI is InChI=1S/C16H28N2S/c1-16(13-17,18-14-9-10-14)11-5-6-12-19-15-7-3-2-4-8-15/h14-15,18H,2-12H2,1H3. The van der Waals surface area contributed by atoms with E-state index in [4.69, 9.17) is 0 Å². The summed E-state index contributed by atoms with van der Waals surface area (Å²) in [4.78, 5) is 0. The average molecular weight is 280 g/mol. The first-order valence-electron chi connectivity index (χ1n) is 8.02. The summed E-state index contributed by atoms with van der Waals surface area (Å²) < 4.78 is 0. The zero-order valence-electron chi connectivity index (χ0n) is 12.3. The van der Waals surface area contributed by atoms with E-state index >= 15 is 0 Å². The summed E-state index contributed by atoms with van der Waals surface area (Å²) >= 11 is 2.18. The van der Waals surface area contributed by atoms with Crippen molar-refractivity contribution in [3.63, 3.8) is 0 Å². The van der Waals surface area contributed by atoms with Crippen molar-refractivity contribution in [1.82, 2.24) is 5.32 Å². The molecule has 2 nitrogen and oxygen atoms in total. The molecule has 1 atom stereocenters. The lowest BCUT2D eigenvalue weighted by atomic mass is 9.96. The van der Waals surface area contributed by atoms with Gasteiger partial charge in [-0.25, -0.2) is 0 Å². The summed E-state index contributed by atoms with van der Waals surface area (Å²) in [6.45, 7) is 2.07. The normalized spacial score (nSPS) is 23.8. The van der Waals surface area contributed by atoms with Crippen molar-refractivity contribution >= 4 is 11.8 Å². The van der Waals surface area contributed by atoms with Crippen molar-refractivity contribution in [1.29, 1.82) is 5.26 Å². The van der Waals surface area contributed by atoms with Crippen LogP contribution in [0.5, 0.6) is 0 Å². The highest BCUT2D eigenvalue weighted by molar-refractivity contribution is 7.99. The van der Waals surface area contributed by atoms with Crippen LogP contribution >= 0.6 is 11.8 Å². The van der Waals surface area contributed by atoms with Gasteiger partial charge >= 0.3 is 0 Å². The van der Waals surface area contributed by atoms with Crippen LogP contribution in [0, 0.1) is 11.3 Å². The van der Waals surface area contributed by atoms with E-state index in [1.165, 1.54) is 63.5 Å². The minimum Gasteiger partial charge on any atom is -0.297 e. The van der Waals surface area contributed by atoms with Gasteiger partial charge < -0.3 is 0 Å². The second-order valence-electron chi connectivity index (χ2n) is 6.45. The van der Waals surface area contributed by atoms with E-state index < -0.39 is 0 Å². The molecule has 0 saturated heterocycles. The molecule has 0 aliphatic heterocycles. The molecule has 2 aliphatic rings. The molecule has 1 unspecified atom stereocenters. The average Bonchev–Trinajstić information content (AvgIpc) is 3.23. The molecule has 0 radical (unpaired) electrons. The van der Waals surface area contributed by atoms with Gasteiger partial charge in [0.2, 0.25) is 0 Å². The van der Waals surface area contributed by atoms with E-state index in [0.717, 1.165) is 11.7 Å². The Kier molecular flexibility index (Phi) is 6.04. The molecule has 0 amide bonds. The fraction of sp³-hybridized carbons (Fsp3) is 0.938. The topological polar surface area (TPSA) is 35.8 Å². The molecule has 0 aromatic carbocycles. The SMILES string of the molecule is CC(C#N)(CCCCSC1CCCCC1)NC1CC1. The lowest BCUT2D eigenvalue weighted by Gasteiger charge is -2.24. The predicted molar refractivity (Wildman–Crippen MR) is 83.4 cm³/mol. The number of thioether (sulfide) groups is 1. The van der Waals surface area contributed by atoms with Crippen LogP contribution in [0.1, 0.15) is 71.1 Å².